The second-order valence-corrected chi connectivity index (χ2v) is 8.06. The first-order valence-electron chi connectivity index (χ1n) is 10.4. The Morgan fingerprint density at radius 3 is 2.86 bits per heavy atom. The SMILES string of the molecule is N#Cc1c(C2=CCC(OCC3CC3)C=C2)nn2c1NCCC2c1ccccc1N. The van der Waals surface area contributed by atoms with Crippen molar-refractivity contribution >= 4 is 17.1 Å². The Bertz CT molecular complexity index is 1020. The highest BCUT2D eigenvalue weighted by molar-refractivity contribution is 5.80. The Labute approximate surface area is 170 Å². The third-order valence-corrected chi connectivity index (χ3v) is 5.96. The first-order chi connectivity index (χ1) is 14.2. The van der Waals surface area contributed by atoms with E-state index in [0.717, 1.165) is 60.2 Å². The van der Waals surface area contributed by atoms with Crippen molar-refractivity contribution in [1.82, 2.24) is 9.78 Å². The highest BCUT2D eigenvalue weighted by Gasteiger charge is 2.30. The number of ether oxygens (including phenoxy) is 1. The second kappa shape index (κ2) is 7.41. The molecule has 1 aromatic carbocycles. The van der Waals surface area contributed by atoms with E-state index >= 15 is 0 Å². The lowest BCUT2D eigenvalue weighted by atomic mass is 9.99. The number of hydrogen-bond donors (Lipinski definition) is 2. The van der Waals surface area contributed by atoms with Gasteiger partial charge in [0.1, 0.15) is 23.1 Å². The van der Waals surface area contributed by atoms with Crippen LogP contribution in [0.25, 0.3) is 5.57 Å². The van der Waals surface area contributed by atoms with Crippen LogP contribution in [-0.4, -0.2) is 29.0 Å². The quantitative estimate of drug-likeness (QED) is 0.760. The number of nitrogen functional groups attached to an aromatic ring is 1. The summed E-state index contributed by atoms with van der Waals surface area (Å²) in [6.45, 7) is 1.63. The van der Waals surface area contributed by atoms with E-state index < -0.39 is 0 Å². The predicted molar refractivity (Wildman–Crippen MR) is 113 cm³/mol. The van der Waals surface area contributed by atoms with Gasteiger partial charge in [0.2, 0.25) is 0 Å². The van der Waals surface area contributed by atoms with Gasteiger partial charge in [-0.25, -0.2) is 4.68 Å². The van der Waals surface area contributed by atoms with E-state index in [2.05, 4.69) is 23.5 Å². The standard InChI is InChI=1S/C23H25N5O/c24-13-19-22(16-7-9-17(10-8-16)29-14-15-5-6-15)27-28-21(11-12-26-23(19)28)18-3-1-2-4-20(18)25/h1-4,7-9,15,17,21,26H,5-6,10-12,14,25H2. The highest BCUT2D eigenvalue weighted by Crippen LogP contribution is 2.37. The van der Waals surface area contributed by atoms with Crippen molar-refractivity contribution in [3.8, 4) is 6.07 Å². The first kappa shape index (κ1) is 18.0. The van der Waals surface area contributed by atoms with Crippen LogP contribution in [-0.2, 0) is 4.74 Å². The van der Waals surface area contributed by atoms with Crippen LogP contribution < -0.4 is 11.1 Å². The summed E-state index contributed by atoms with van der Waals surface area (Å²) in [5.74, 6) is 1.54. The molecule has 1 fully saturated rings. The molecule has 3 N–H and O–H groups in total. The summed E-state index contributed by atoms with van der Waals surface area (Å²) < 4.78 is 7.91. The molecule has 0 spiro atoms. The highest BCUT2D eigenvalue weighted by atomic mass is 16.5. The molecule has 6 nitrogen and oxygen atoms in total. The van der Waals surface area contributed by atoms with Crippen LogP contribution in [0.2, 0.25) is 0 Å². The summed E-state index contributed by atoms with van der Waals surface area (Å²) in [5, 5.41) is 18.1. The Hall–Kier alpha value is -3.04. The van der Waals surface area contributed by atoms with Gasteiger partial charge in [0.25, 0.3) is 0 Å². The maximum atomic E-state index is 9.87. The third kappa shape index (κ3) is 3.43. The van der Waals surface area contributed by atoms with E-state index in [1.54, 1.807) is 0 Å². The molecule has 0 saturated heterocycles. The monoisotopic (exact) mass is 387 g/mol. The molecule has 2 aromatic rings. The molecule has 1 aromatic heterocycles. The Balaban J connectivity index is 1.44. The normalized spacial score (nSPS) is 23.1. The smallest absolute Gasteiger partial charge is 0.143 e. The molecule has 0 bridgehead atoms. The minimum Gasteiger partial charge on any atom is -0.398 e. The van der Waals surface area contributed by atoms with Crippen molar-refractivity contribution in [3.05, 3.63) is 59.3 Å². The maximum absolute atomic E-state index is 9.87. The zero-order valence-electron chi connectivity index (χ0n) is 16.3. The number of rotatable bonds is 5. The number of anilines is 2. The molecule has 0 amide bonds. The molecule has 5 rings (SSSR count). The van der Waals surface area contributed by atoms with Crippen LogP contribution in [0.1, 0.15) is 48.5 Å². The average Bonchev–Trinajstić information content (AvgIpc) is 3.51. The fourth-order valence-corrected chi connectivity index (χ4v) is 4.13. The lowest BCUT2D eigenvalue weighted by molar-refractivity contribution is 0.0783. The van der Waals surface area contributed by atoms with Gasteiger partial charge in [-0.2, -0.15) is 10.4 Å². The number of aromatic nitrogens is 2. The lowest BCUT2D eigenvalue weighted by Crippen LogP contribution is -2.25. The van der Waals surface area contributed by atoms with Crippen molar-refractivity contribution in [2.45, 2.75) is 37.8 Å². The number of nitriles is 1. The fourth-order valence-electron chi connectivity index (χ4n) is 4.13. The fraction of sp³-hybridized carbons (Fsp3) is 0.391. The summed E-state index contributed by atoms with van der Waals surface area (Å²) >= 11 is 0. The van der Waals surface area contributed by atoms with Crippen LogP contribution in [0.15, 0.2) is 42.5 Å². The second-order valence-electron chi connectivity index (χ2n) is 8.06. The Morgan fingerprint density at radius 1 is 1.28 bits per heavy atom. The van der Waals surface area contributed by atoms with Crippen molar-refractivity contribution < 1.29 is 4.74 Å². The molecule has 6 heteroatoms. The first-order valence-corrected chi connectivity index (χ1v) is 10.4. The topological polar surface area (TPSA) is 88.9 Å². The van der Waals surface area contributed by atoms with Gasteiger partial charge in [0.15, 0.2) is 0 Å². The van der Waals surface area contributed by atoms with Gasteiger partial charge in [0, 0.05) is 12.2 Å². The molecule has 1 saturated carbocycles. The van der Waals surface area contributed by atoms with Gasteiger partial charge in [-0.15, -0.1) is 0 Å². The van der Waals surface area contributed by atoms with E-state index in [1.165, 1.54) is 12.8 Å². The molecular formula is C23H25N5O. The van der Waals surface area contributed by atoms with E-state index in [1.807, 2.05) is 35.0 Å². The largest absolute Gasteiger partial charge is 0.398 e. The zero-order valence-corrected chi connectivity index (χ0v) is 16.3. The zero-order chi connectivity index (χ0) is 19.8. The van der Waals surface area contributed by atoms with Gasteiger partial charge < -0.3 is 15.8 Å². The van der Waals surface area contributed by atoms with Crippen molar-refractivity contribution in [3.63, 3.8) is 0 Å². The molecule has 2 unspecified atom stereocenters. The number of nitrogens with zero attached hydrogens (tertiary/aromatic N) is 3. The van der Waals surface area contributed by atoms with E-state index in [9.17, 15) is 5.26 Å². The Morgan fingerprint density at radius 2 is 2.14 bits per heavy atom. The average molecular weight is 387 g/mol. The number of fused-ring (bicyclic) bond motifs is 1. The number of allylic oxidation sites excluding steroid dienone is 2. The van der Waals surface area contributed by atoms with Gasteiger partial charge >= 0.3 is 0 Å². The van der Waals surface area contributed by atoms with Crippen LogP contribution in [0.5, 0.6) is 0 Å². The van der Waals surface area contributed by atoms with Crippen LogP contribution in [0.3, 0.4) is 0 Å². The van der Waals surface area contributed by atoms with E-state index in [-0.39, 0.29) is 12.1 Å². The number of benzene rings is 1. The van der Waals surface area contributed by atoms with Crippen LogP contribution in [0, 0.1) is 17.2 Å². The van der Waals surface area contributed by atoms with Crippen molar-refractivity contribution in [1.29, 1.82) is 5.26 Å². The summed E-state index contributed by atoms with van der Waals surface area (Å²) in [7, 11) is 0. The lowest BCUT2D eigenvalue weighted by Gasteiger charge is -2.27. The molecule has 3 aliphatic rings. The summed E-state index contributed by atoms with van der Waals surface area (Å²) in [5.41, 5.74) is 10.4. The van der Waals surface area contributed by atoms with E-state index in [0.29, 0.717) is 5.56 Å². The molecule has 2 heterocycles. The van der Waals surface area contributed by atoms with Gasteiger partial charge in [-0.1, -0.05) is 36.4 Å². The Kier molecular flexibility index (Phi) is 4.61. The van der Waals surface area contributed by atoms with E-state index in [4.69, 9.17) is 15.6 Å². The summed E-state index contributed by atoms with van der Waals surface area (Å²) in [6, 6.07) is 10.3. The molecular weight excluding hydrogens is 362 g/mol. The predicted octanol–water partition coefficient (Wildman–Crippen LogP) is 3.88. The van der Waals surface area contributed by atoms with Gasteiger partial charge in [-0.05, 0) is 48.8 Å². The molecule has 0 radical (unpaired) electrons. The maximum Gasteiger partial charge on any atom is 0.143 e. The van der Waals surface area contributed by atoms with Gasteiger partial charge in [-0.3, -0.25) is 0 Å². The molecule has 1 aliphatic heterocycles. The van der Waals surface area contributed by atoms with Crippen molar-refractivity contribution in [2.24, 2.45) is 5.92 Å². The molecule has 2 aliphatic carbocycles. The number of hydrogen-bond acceptors (Lipinski definition) is 5. The number of para-hydroxylation sites is 1. The summed E-state index contributed by atoms with van der Waals surface area (Å²) in [4.78, 5) is 0. The van der Waals surface area contributed by atoms with Crippen LogP contribution >= 0.6 is 0 Å². The third-order valence-electron chi connectivity index (χ3n) is 5.96. The molecule has 148 valence electrons. The number of nitrogens with two attached hydrogens (primary N) is 1. The minimum atomic E-state index is 0.0242. The van der Waals surface area contributed by atoms with Crippen molar-refractivity contribution in [2.75, 3.05) is 24.2 Å². The molecule has 29 heavy (non-hydrogen) atoms. The minimum absolute atomic E-state index is 0.0242. The van der Waals surface area contributed by atoms with Gasteiger partial charge in [0.05, 0.1) is 18.8 Å². The molecule has 2 atom stereocenters. The number of nitrogens with one attached hydrogen (secondary N) is 1. The summed E-state index contributed by atoms with van der Waals surface area (Å²) in [6.07, 6.45) is 10.7. The van der Waals surface area contributed by atoms with Crippen LogP contribution in [0.4, 0.5) is 11.5 Å².